The molecule has 0 atom stereocenters. The van der Waals surface area contributed by atoms with Crippen LogP contribution in [0.25, 0.3) is 0 Å². The predicted molar refractivity (Wildman–Crippen MR) is 104 cm³/mol. The molecule has 0 N–H and O–H groups in total. The van der Waals surface area contributed by atoms with Gasteiger partial charge in [0.05, 0.1) is 30.8 Å². The molecule has 2 aromatic rings. The highest BCUT2D eigenvalue weighted by Crippen LogP contribution is 2.18. The lowest BCUT2D eigenvalue weighted by Crippen LogP contribution is -2.40. The highest BCUT2D eigenvalue weighted by Gasteiger charge is 2.26. The number of carbonyl (C=O) groups excluding carboxylic acids is 2. The quantitative estimate of drug-likeness (QED) is 0.498. The molecule has 154 valence electrons. The Morgan fingerprint density at radius 1 is 1.03 bits per heavy atom. The number of benzene rings is 2. The van der Waals surface area contributed by atoms with Gasteiger partial charge in [0.25, 0.3) is 0 Å². The van der Waals surface area contributed by atoms with Crippen LogP contribution in [0, 0.1) is 0 Å². The van der Waals surface area contributed by atoms with E-state index in [1.807, 2.05) is 0 Å². The maximum absolute atomic E-state index is 12.6. The van der Waals surface area contributed by atoms with Crippen molar-refractivity contribution in [1.29, 1.82) is 0 Å². The second kappa shape index (κ2) is 9.17. The van der Waals surface area contributed by atoms with E-state index >= 15 is 0 Å². The van der Waals surface area contributed by atoms with Crippen molar-refractivity contribution in [2.75, 3.05) is 40.0 Å². The van der Waals surface area contributed by atoms with Crippen LogP contribution in [0.5, 0.6) is 5.75 Å². The maximum atomic E-state index is 12.6. The number of ketones is 1. The van der Waals surface area contributed by atoms with E-state index in [4.69, 9.17) is 14.2 Å². The molecule has 1 saturated heterocycles. The van der Waals surface area contributed by atoms with Gasteiger partial charge in [-0.1, -0.05) is 6.07 Å². The molecule has 1 heterocycles. The minimum absolute atomic E-state index is 0.101. The Balaban J connectivity index is 1.62. The zero-order valence-electron chi connectivity index (χ0n) is 15.9. The summed E-state index contributed by atoms with van der Waals surface area (Å²) in [5, 5.41) is 0. The lowest BCUT2D eigenvalue weighted by molar-refractivity contribution is 0.0474. The third kappa shape index (κ3) is 5.00. The molecule has 1 aliphatic heterocycles. The van der Waals surface area contributed by atoms with Gasteiger partial charge in [0.15, 0.2) is 12.4 Å². The Morgan fingerprint density at radius 3 is 2.38 bits per heavy atom. The number of carbonyl (C=O) groups is 2. The molecule has 0 amide bonds. The molecule has 29 heavy (non-hydrogen) atoms. The number of nitrogens with zero attached hydrogens (tertiary/aromatic N) is 1. The van der Waals surface area contributed by atoms with E-state index in [0.29, 0.717) is 32.1 Å². The zero-order chi connectivity index (χ0) is 20.9. The van der Waals surface area contributed by atoms with Gasteiger partial charge in [-0.05, 0) is 42.5 Å². The summed E-state index contributed by atoms with van der Waals surface area (Å²) >= 11 is 0. The first-order valence-corrected chi connectivity index (χ1v) is 10.4. The van der Waals surface area contributed by atoms with Crippen LogP contribution in [0.2, 0.25) is 0 Å². The van der Waals surface area contributed by atoms with Crippen LogP contribution in [0.3, 0.4) is 0 Å². The molecular formula is C20H21NO7S. The van der Waals surface area contributed by atoms with Gasteiger partial charge in [0.1, 0.15) is 5.75 Å². The maximum Gasteiger partial charge on any atom is 0.338 e. The van der Waals surface area contributed by atoms with Crippen LogP contribution < -0.4 is 4.74 Å². The van der Waals surface area contributed by atoms with E-state index in [0.717, 1.165) is 0 Å². The summed E-state index contributed by atoms with van der Waals surface area (Å²) in [6.45, 7) is 0.848. The number of sulfonamides is 1. The van der Waals surface area contributed by atoms with E-state index in [-0.39, 0.29) is 16.0 Å². The minimum Gasteiger partial charge on any atom is -0.497 e. The van der Waals surface area contributed by atoms with E-state index in [1.165, 1.54) is 41.7 Å². The average Bonchev–Trinajstić information content (AvgIpc) is 2.78. The molecule has 3 rings (SSSR count). The van der Waals surface area contributed by atoms with E-state index in [9.17, 15) is 18.0 Å². The second-order valence-electron chi connectivity index (χ2n) is 6.27. The minimum atomic E-state index is -3.63. The number of hydrogen-bond donors (Lipinski definition) is 0. The molecule has 0 aliphatic carbocycles. The molecular weight excluding hydrogens is 398 g/mol. The molecule has 9 heteroatoms. The van der Waals surface area contributed by atoms with Crippen molar-refractivity contribution in [1.82, 2.24) is 4.31 Å². The molecule has 0 spiro atoms. The molecule has 0 aromatic heterocycles. The van der Waals surface area contributed by atoms with Gasteiger partial charge in [-0.2, -0.15) is 4.31 Å². The lowest BCUT2D eigenvalue weighted by atomic mass is 10.1. The Kier molecular flexibility index (Phi) is 6.63. The molecule has 8 nitrogen and oxygen atoms in total. The van der Waals surface area contributed by atoms with Crippen LogP contribution >= 0.6 is 0 Å². The van der Waals surface area contributed by atoms with Gasteiger partial charge < -0.3 is 14.2 Å². The Bertz CT molecular complexity index is 980. The van der Waals surface area contributed by atoms with Crippen molar-refractivity contribution in [3.63, 3.8) is 0 Å². The number of ether oxygens (including phenoxy) is 3. The third-order valence-corrected chi connectivity index (χ3v) is 6.34. The van der Waals surface area contributed by atoms with Crippen molar-refractivity contribution < 1.29 is 32.2 Å². The van der Waals surface area contributed by atoms with Gasteiger partial charge in [-0.25, -0.2) is 13.2 Å². The van der Waals surface area contributed by atoms with Gasteiger partial charge in [0, 0.05) is 18.7 Å². The normalized spacial score (nSPS) is 14.9. The predicted octanol–water partition coefficient (Wildman–Crippen LogP) is 1.76. The number of Topliss-reactive ketones (excluding diaryl/α,β-unsaturated/α-hetero) is 1. The summed E-state index contributed by atoms with van der Waals surface area (Å²) in [5.74, 6) is -0.580. The standard InChI is InChI=1S/C20H21NO7S/c1-26-17-4-2-3-16(13-17)20(23)28-14-19(22)15-5-7-18(8-6-15)29(24,25)21-9-11-27-12-10-21/h2-8,13H,9-12,14H2,1H3. The Morgan fingerprint density at radius 2 is 1.72 bits per heavy atom. The van der Waals surface area contributed by atoms with E-state index in [2.05, 4.69) is 0 Å². The second-order valence-corrected chi connectivity index (χ2v) is 8.21. The average molecular weight is 419 g/mol. The molecule has 0 unspecified atom stereocenters. The fourth-order valence-corrected chi connectivity index (χ4v) is 4.20. The van der Waals surface area contributed by atoms with Crippen molar-refractivity contribution in [2.45, 2.75) is 4.90 Å². The number of esters is 1. The Hall–Kier alpha value is -2.75. The number of hydrogen-bond acceptors (Lipinski definition) is 7. The largest absolute Gasteiger partial charge is 0.497 e. The fourth-order valence-electron chi connectivity index (χ4n) is 2.80. The van der Waals surface area contributed by atoms with Crippen LogP contribution in [0.1, 0.15) is 20.7 Å². The van der Waals surface area contributed by atoms with Crippen molar-refractivity contribution in [2.24, 2.45) is 0 Å². The number of morpholine rings is 1. The summed E-state index contributed by atoms with van der Waals surface area (Å²) in [4.78, 5) is 24.5. The first kappa shape index (κ1) is 21.0. The molecule has 1 fully saturated rings. The van der Waals surface area contributed by atoms with E-state index < -0.39 is 28.4 Å². The third-order valence-electron chi connectivity index (χ3n) is 4.42. The summed E-state index contributed by atoms with van der Waals surface area (Å²) in [7, 11) is -2.15. The van der Waals surface area contributed by atoms with Crippen molar-refractivity contribution in [3.8, 4) is 5.75 Å². The smallest absolute Gasteiger partial charge is 0.338 e. The first-order valence-electron chi connectivity index (χ1n) is 8.94. The van der Waals surface area contributed by atoms with Gasteiger partial charge in [0.2, 0.25) is 10.0 Å². The van der Waals surface area contributed by atoms with Gasteiger partial charge in [-0.15, -0.1) is 0 Å². The fraction of sp³-hybridized carbons (Fsp3) is 0.300. The SMILES string of the molecule is COc1cccc(C(=O)OCC(=O)c2ccc(S(=O)(=O)N3CCOCC3)cc2)c1. The van der Waals surface area contributed by atoms with Gasteiger partial charge >= 0.3 is 5.97 Å². The molecule has 0 saturated carbocycles. The monoisotopic (exact) mass is 419 g/mol. The zero-order valence-corrected chi connectivity index (χ0v) is 16.7. The van der Waals surface area contributed by atoms with Crippen molar-refractivity contribution >= 4 is 21.8 Å². The summed E-state index contributed by atoms with van der Waals surface area (Å²) in [5.41, 5.74) is 0.522. The highest BCUT2D eigenvalue weighted by atomic mass is 32.2. The molecule has 1 aliphatic rings. The van der Waals surface area contributed by atoms with Crippen LogP contribution in [0.4, 0.5) is 0 Å². The van der Waals surface area contributed by atoms with Crippen LogP contribution in [-0.2, 0) is 19.5 Å². The molecule has 0 radical (unpaired) electrons. The summed E-state index contributed by atoms with van der Waals surface area (Å²) in [6, 6.07) is 12.0. The topological polar surface area (TPSA) is 99.2 Å². The molecule has 2 aromatic carbocycles. The number of methoxy groups -OCH3 is 1. The highest BCUT2D eigenvalue weighted by molar-refractivity contribution is 7.89. The first-order chi connectivity index (χ1) is 13.9. The van der Waals surface area contributed by atoms with Crippen molar-refractivity contribution in [3.05, 3.63) is 59.7 Å². The molecule has 0 bridgehead atoms. The lowest BCUT2D eigenvalue weighted by Gasteiger charge is -2.26. The summed E-state index contributed by atoms with van der Waals surface area (Å²) < 4.78 is 41.8. The Labute approximate surface area is 169 Å². The van der Waals surface area contributed by atoms with Crippen LogP contribution in [0.15, 0.2) is 53.4 Å². The van der Waals surface area contributed by atoms with E-state index in [1.54, 1.807) is 18.2 Å². The van der Waals surface area contributed by atoms with Gasteiger partial charge in [-0.3, -0.25) is 4.79 Å². The number of rotatable bonds is 7. The summed E-state index contributed by atoms with van der Waals surface area (Å²) in [6.07, 6.45) is 0. The van der Waals surface area contributed by atoms with Crippen LogP contribution in [-0.4, -0.2) is 64.5 Å².